The SMILES string of the molecule is COc1cc(C2C3=CCC4C(=O)N(c5ccc(C(=O)O)c(O)c5)C(=O)C4C3CC3C(=O)C(c4ccccc4)=CC(=O)C32c2ccccc2)ccc1O. The number of ketones is 2. The lowest BCUT2D eigenvalue weighted by Crippen LogP contribution is -2.58. The first-order valence-electron chi connectivity index (χ1n) is 17.0. The summed E-state index contributed by atoms with van der Waals surface area (Å²) in [4.78, 5) is 71.3. The number of Topliss-reactive ketones (excluding diaryl/α,β-unsaturated/α-hetero) is 1. The van der Waals surface area contributed by atoms with Crippen molar-refractivity contribution in [1.29, 1.82) is 0 Å². The number of carbonyl (C=O) groups is 5. The van der Waals surface area contributed by atoms with Crippen LogP contribution in [-0.2, 0) is 24.6 Å². The Morgan fingerprint density at radius 2 is 1.54 bits per heavy atom. The highest BCUT2D eigenvalue weighted by molar-refractivity contribution is 6.32. The summed E-state index contributed by atoms with van der Waals surface area (Å²) in [6.45, 7) is 0. The van der Waals surface area contributed by atoms with E-state index in [2.05, 4.69) is 0 Å². The van der Waals surface area contributed by atoms with E-state index in [9.17, 15) is 29.7 Å². The number of rotatable bonds is 6. The number of carboxylic acid groups (broad SMARTS) is 1. The molecular weight excluding hydrogens is 662 g/mol. The minimum absolute atomic E-state index is 0.0425. The molecule has 4 aromatic rings. The molecule has 1 saturated heterocycles. The Labute approximate surface area is 298 Å². The summed E-state index contributed by atoms with van der Waals surface area (Å²) in [6, 6.07) is 26.5. The average molecular weight is 696 g/mol. The fraction of sp³-hybridized carbons (Fsp3) is 0.214. The third kappa shape index (κ3) is 4.67. The molecule has 2 fully saturated rings. The molecule has 6 atom stereocenters. The van der Waals surface area contributed by atoms with Gasteiger partial charge in [0, 0.05) is 23.5 Å². The van der Waals surface area contributed by atoms with Crippen molar-refractivity contribution in [1.82, 2.24) is 0 Å². The van der Waals surface area contributed by atoms with E-state index in [1.807, 2.05) is 42.5 Å². The molecule has 4 aliphatic rings. The van der Waals surface area contributed by atoms with Gasteiger partial charge in [-0.05, 0) is 65.8 Å². The Morgan fingerprint density at radius 3 is 2.21 bits per heavy atom. The number of carbonyl (C=O) groups excluding carboxylic acids is 4. The van der Waals surface area contributed by atoms with Gasteiger partial charge in [-0.2, -0.15) is 0 Å². The molecule has 52 heavy (non-hydrogen) atoms. The number of phenols is 2. The molecular formula is C42H33NO9. The Morgan fingerprint density at radius 1 is 0.827 bits per heavy atom. The number of aromatic carboxylic acids is 1. The first-order valence-corrected chi connectivity index (χ1v) is 17.0. The molecule has 0 radical (unpaired) electrons. The lowest BCUT2D eigenvalue weighted by molar-refractivity contribution is -0.135. The minimum Gasteiger partial charge on any atom is -0.507 e. The first-order chi connectivity index (χ1) is 25.1. The van der Waals surface area contributed by atoms with E-state index < -0.39 is 58.5 Å². The van der Waals surface area contributed by atoms with Crippen LogP contribution in [0.15, 0.2) is 115 Å². The molecule has 1 saturated carbocycles. The van der Waals surface area contributed by atoms with Gasteiger partial charge in [0.05, 0.1) is 30.0 Å². The zero-order chi connectivity index (χ0) is 36.5. The van der Waals surface area contributed by atoms with Crippen LogP contribution in [0.25, 0.3) is 5.57 Å². The highest BCUT2D eigenvalue weighted by Crippen LogP contribution is 2.64. The van der Waals surface area contributed by atoms with E-state index in [1.54, 1.807) is 36.4 Å². The van der Waals surface area contributed by atoms with E-state index in [0.29, 0.717) is 16.7 Å². The Bertz CT molecular complexity index is 2260. The van der Waals surface area contributed by atoms with Crippen molar-refractivity contribution in [2.75, 3.05) is 12.0 Å². The third-order valence-electron chi connectivity index (χ3n) is 11.4. The summed E-state index contributed by atoms with van der Waals surface area (Å²) in [5.41, 5.74) is 1.05. The number of benzene rings is 4. The van der Waals surface area contributed by atoms with Crippen LogP contribution >= 0.6 is 0 Å². The molecule has 3 N–H and O–H groups in total. The van der Waals surface area contributed by atoms with Crippen LogP contribution in [0.2, 0.25) is 0 Å². The van der Waals surface area contributed by atoms with Crippen molar-refractivity contribution in [2.45, 2.75) is 24.2 Å². The molecule has 10 heteroatoms. The fourth-order valence-electron chi connectivity index (χ4n) is 9.22. The van der Waals surface area contributed by atoms with Crippen molar-refractivity contribution in [3.8, 4) is 17.2 Å². The second-order valence-corrected chi connectivity index (χ2v) is 13.7. The number of ether oxygens (including phenoxy) is 1. The molecule has 0 bridgehead atoms. The summed E-state index contributed by atoms with van der Waals surface area (Å²) in [6.07, 6.45) is 3.63. The Balaban J connectivity index is 1.34. The molecule has 260 valence electrons. The molecule has 3 aliphatic carbocycles. The van der Waals surface area contributed by atoms with Gasteiger partial charge >= 0.3 is 5.97 Å². The van der Waals surface area contributed by atoms with Crippen LogP contribution in [0.4, 0.5) is 5.69 Å². The molecule has 0 spiro atoms. The maximum absolute atomic E-state index is 15.1. The van der Waals surface area contributed by atoms with E-state index in [4.69, 9.17) is 4.74 Å². The number of anilines is 1. The van der Waals surface area contributed by atoms with E-state index in [-0.39, 0.29) is 52.7 Å². The van der Waals surface area contributed by atoms with Crippen molar-refractivity contribution >= 4 is 40.6 Å². The smallest absolute Gasteiger partial charge is 0.339 e. The van der Waals surface area contributed by atoms with Crippen LogP contribution in [0.3, 0.4) is 0 Å². The number of nitrogens with zero attached hydrogens (tertiary/aromatic N) is 1. The number of hydrogen-bond acceptors (Lipinski definition) is 8. The predicted molar refractivity (Wildman–Crippen MR) is 189 cm³/mol. The van der Waals surface area contributed by atoms with E-state index in [0.717, 1.165) is 22.6 Å². The second-order valence-electron chi connectivity index (χ2n) is 13.7. The molecule has 6 unspecified atom stereocenters. The average Bonchev–Trinajstić information content (AvgIpc) is 3.41. The number of phenolic OH excluding ortho intramolecular Hbond substituents is 1. The molecule has 0 aromatic heterocycles. The maximum atomic E-state index is 15.1. The number of carboxylic acids is 1. The predicted octanol–water partition coefficient (Wildman–Crippen LogP) is 5.83. The summed E-state index contributed by atoms with van der Waals surface area (Å²) in [5.74, 6) is -7.53. The van der Waals surface area contributed by atoms with Gasteiger partial charge in [0.15, 0.2) is 23.1 Å². The largest absolute Gasteiger partial charge is 0.507 e. The van der Waals surface area contributed by atoms with Gasteiger partial charge in [-0.15, -0.1) is 0 Å². The topological polar surface area (TPSA) is 159 Å². The summed E-state index contributed by atoms with van der Waals surface area (Å²) in [5, 5.41) is 30.5. The number of imide groups is 1. The van der Waals surface area contributed by atoms with Crippen LogP contribution in [0.5, 0.6) is 17.2 Å². The standard InChI is InChI=1S/C42H33NO9/c1-52-34-18-23(12-17-32(34)44)37-26-15-16-28-36(40(49)43(39(28)48)25-13-14-27(41(50)51)33(45)19-25)30(26)20-31-38(47)29(22-8-4-2-5-9-22)21-35(46)42(31,37)24-10-6-3-7-11-24/h2-15,17-19,21,28,30-31,36-37,44-45H,16,20H2,1H3,(H,50,51). The number of allylic oxidation sites excluding steroid dienone is 4. The Hall–Kier alpha value is -6.29. The third-order valence-corrected chi connectivity index (χ3v) is 11.4. The monoisotopic (exact) mass is 695 g/mol. The molecule has 4 aromatic carbocycles. The first kappa shape index (κ1) is 32.9. The fourth-order valence-corrected chi connectivity index (χ4v) is 9.22. The van der Waals surface area contributed by atoms with Crippen LogP contribution < -0.4 is 9.64 Å². The van der Waals surface area contributed by atoms with Crippen molar-refractivity contribution in [3.63, 3.8) is 0 Å². The second kappa shape index (κ2) is 12.2. The minimum atomic E-state index is -1.45. The van der Waals surface area contributed by atoms with Gasteiger partial charge in [0.2, 0.25) is 11.8 Å². The van der Waals surface area contributed by atoms with Crippen LogP contribution in [-0.4, -0.2) is 51.8 Å². The number of amides is 2. The Kier molecular flexibility index (Phi) is 7.71. The van der Waals surface area contributed by atoms with Gasteiger partial charge < -0.3 is 20.1 Å². The van der Waals surface area contributed by atoms with Gasteiger partial charge in [0.25, 0.3) is 0 Å². The van der Waals surface area contributed by atoms with Crippen LogP contribution in [0.1, 0.15) is 45.8 Å². The quantitative estimate of drug-likeness (QED) is 0.167. The van der Waals surface area contributed by atoms with Gasteiger partial charge in [-0.1, -0.05) is 78.4 Å². The molecule has 10 nitrogen and oxygen atoms in total. The summed E-state index contributed by atoms with van der Waals surface area (Å²) >= 11 is 0. The van der Waals surface area contributed by atoms with Crippen molar-refractivity contribution in [2.24, 2.45) is 23.7 Å². The van der Waals surface area contributed by atoms with Gasteiger partial charge in [-0.3, -0.25) is 19.2 Å². The maximum Gasteiger partial charge on any atom is 0.339 e. The van der Waals surface area contributed by atoms with E-state index >= 15 is 9.59 Å². The zero-order valence-electron chi connectivity index (χ0n) is 27.9. The highest BCUT2D eigenvalue weighted by atomic mass is 16.5. The van der Waals surface area contributed by atoms with E-state index in [1.165, 1.54) is 25.3 Å². The zero-order valence-corrected chi connectivity index (χ0v) is 27.9. The number of methoxy groups -OCH3 is 1. The number of hydrogen-bond donors (Lipinski definition) is 3. The number of aromatic hydroxyl groups is 2. The number of fused-ring (bicyclic) bond motifs is 4. The molecule has 1 aliphatic heterocycles. The van der Waals surface area contributed by atoms with Gasteiger partial charge in [-0.25, -0.2) is 9.69 Å². The lowest BCUT2D eigenvalue weighted by Gasteiger charge is -2.55. The molecule has 2 amide bonds. The van der Waals surface area contributed by atoms with Gasteiger partial charge in [0.1, 0.15) is 11.3 Å². The summed E-state index contributed by atoms with van der Waals surface area (Å²) < 4.78 is 5.51. The highest BCUT2D eigenvalue weighted by Gasteiger charge is 2.66. The molecule has 1 heterocycles. The normalized spacial score (nSPS) is 26.6. The van der Waals surface area contributed by atoms with Crippen molar-refractivity contribution < 1.29 is 44.0 Å². The van der Waals surface area contributed by atoms with Crippen LogP contribution in [0, 0.1) is 23.7 Å². The lowest BCUT2D eigenvalue weighted by atomic mass is 9.44. The summed E-state index contributed by atoms with van der Waals surface area (Å²) in [7, 11) is 1.42. The van der Waals surface area contributed by atoms with Crippen molar-refractivity contribution in [3.05, 3.63) is 137 Å². The molecule has 8 rings (SSSR count).